The number of para-hydroxylation sites is 1. The number of thioether (sulfide) groups is 1. The first-order valence-corrected chi connectivity index (χ1v) is 9.21. The lowest BCUT2D eigenvalue weighted by molar-refractivity contribution is -0.119. The van der Waals surface area contributed by atoms with Gasteiger partial charge >= 0.3 is 0 Å². The molecule has 0 unspecified atom stereocenters. The van der Waals surface area contributed by atoms with Gasteiger partial charge in [-0.3, -0.25) is 4.79 Å². The predicted octanol–water partition coefficient (Wildman–Crippen LogP) is 2.68. The Kier molecular flexibility index (Phi) is 6.21. The van der Waals surface area contributed by atoms with Crippen molar-refractivity contribution in [2.24, 2.45) is 0 Å². The van der Waals surface area contributed by atoms with Gasteiger partial charge in [-0.1, -0.05) is 49.7 Å². The number of nitrogens with zero attached hydrogens (tertiary/aromatic N) is 4. The highest BCUT2D eigenvalue weighted by Gasteiger charge is 2.25. The maximum atomic E-state index is 12.3. The zero-order valence-electron chi connectivity index (χ0n) is 15.0. The summed E-state index contributed by atoms with van der Waals surface area (Å²) in [4.78, 5) is 12.3. The Balaban J connectivity index is 2.13. The highest BCUT2D eigenvalue weighted by molar-refractivity contribution is 7.99. The number of carbonyl (C=O) groups excluding carboxylic acids is 1. The van der Waals surface area contributed by atoms with Crippen LogP contribution in [-0.4, -0.2) is 37.4 Å². The fourth-order valence-corrected chi connectivity index (χ4v) is 3.33. The van der Waals surface area contributed by atoms with Gasteiger partial charge in [-0.05, 0) is 48.2 Å². The minimum Gasteiger partial charge on any atom is -0.339 e. The number of hydrogen-bond donors (Lipinski definition) is 1. The molecule has 0 radical (unpaired) electrons. The number of carbonyl (C=O) groups is 1. The van der Waals surface area contributed by atoms with Crippen LogP contribution in [0.15, 0.2) is 23.4 Å². The second-order valence-electron chi connectivity index (χ2n) is 5.88. The van der Waals surface area contributed by atoms with E-state index in [2.05, 4.69) is 26.8 Å². The van der Waals surface area contributed by atoms with Crippen molar-refractivity contribution in [1.82, 2.24) is 25.5 Å². The second kappa shape index (κ2) is 8.17. The summed E-state index contributed by atoms with van der Waals surface area (Å²) in [5, 5.41) is 15.4. The van der Waals surface area contributed by atoms with Crippen molar-refractivity contribution < 1.29 is 4.79 Å². The topological polar surface area (TPSA) is 72.7 Å². The first kappa shape index (κ1) is 19.0. The number of benzene rings is 1. The van der Waals surface area contributed by atoms with Gasteiger partial charge in [-0.15, -0.1) is 11.5 Å². The zero-order valence-corrected chi connectivity index (χ0v) is 15.9. The Morgan fingerprint density at radius 3 is 2.52 bits per heavy atom. The fourth-order valence-electron chi connectivity index (χ4n) is 2.65. The van der Waals surface area contributed by atoms with Crippen molar-refractivity contribution in [3.63, 3.8) is 0 Å². The molecule has 0 fully saturated rings. The Bertz CT molecular complexity index is 769. The largest absolute Gasteiger partial charge is 0.339 e. The Labute approximate surface area is 152 Å². The smallest absolute Gasteiger partial charge is 0.231 e. The fraction of sp³-hybridized carbons (Fsp3) is 0.444. The number of nitrogens with one attached hydrogen (secondary N) is 1. The first-order chi connectivity index (χ1) is 12.0. The van der Waals surface area contributed by atoms with Gasteiger partial charge in [0.25, 0.3) is 0 Å². The van der Waals surface area contributed by atoms with Crippen molar-refractivity contribution >= 4 is 17.7 Å². The number of aryl methyl sites for hydroxylation is 2. The maximum Gasteiger partial charge on any atom is 0.231 e. The minimum absolute atomic E-state index is 0.122. The molecule has 0 atom stereocenters. The van der Waals surface area contributed by atoms with Crippen LogP contribution in [-0.2, 0) is 4.79 Å². The van der Waals surface area contributed by atoms with Crippen molar-refractivity contribution in [1.29, 1.82) is 0 Å². The van der Waals surface area contributed by atoms with Gasteiger partial charge in [0.1, 0.15) is 5.54 Å². The molecule has 25 heavy (non-hydrogen) atoms. The zero-order chi connectivity index (χ0) is 18.4. The lowest BCUT2D eigenvalue weighted by Gasteiger charge is -2.26. The molecule has 132 valence electrons. The molecular formula is C18H23N5OS. The Hall–Kier alpha value is -2.33. The molecule has 1 amide bonds. The molecule has 0 aliphatic carbocycles. The van der Waals surface area contributed by atoms with E-state index in [0.717, 1.165) is 16.8 Å². The van der Waals surface area contributed by atoms with E-state index in [1.54, 1.807) is 4.68 Å². The molecule has 1 aromatic heterocycles. The molecular weight excluding hydrogens is 334 g/mol. The third kappa shape index (κ3) is 4.20. The molecule has 1 heterocycles. The quantitative estimate of drug-likeness (QED) is 0.609. The summed E-state index contributed by atoms with van der Waals surface area (Å²) in [7, 11) is 0. The second-order valence-corrected chi connectivity index (χ2v) is 6.83. The molecule has 0 aliphatic rings. The number of rotatable bonds is 7. The summed E-state index contributed by atoms with van der Waals surface area (Å²) >= 11 is 1.29. The lowest BCUT2D eigenvalue weighted by atomic mass is 9.94. The number of aromatic nitrogens is 4. The van der Waals surface area contributed by atoms with Crippen molar-refractivity contribution in [3.05, 3.63) is 29.3 Å². The molecule has 0 spiro atoms. The average molecular weight is 357 g/mol. The van der Waals surface area contributed by atoms with Crippen molar-refractivity contribution in [2.45, 2.75) is 51.2 Å². The predicted molar refractivity (Wildman–Crippen MR) is 99.6 cm³/mol. The van der Waals surface area contributed by atoms with E-state index in [-0.39, 0.29) is 11.7 Å². The third-order valence-electron chi connectivity index (χ3n) is 4.29. The number of hydrogen-bond acceptors (Lipinski definition) is 5. The van der Waals surface area contributed by atoms with Crippen LogP contribution in [0.25, 0.3) is 5.69 Å². The van der Waals surface area contributed by atoms with E-state index in [0.29, 0.717) is 18.0 Å². The summed E-state index contributed by atoms with van der Waals surface area (Å²) in [6.07, 6.45) is 6.98. The summed E-state index contributed by atoms with van der Waals surface area (Å²) < 4.78 is 1.68. The summed E-state index contributed by atoms with van der Waals surface area (Å²) in [6, 6.07) is 6.01. The molecule has 7 heteroatoms. The minimum atomic E-state index is -0.587. The third-order valence-corrected chi connectivity index (χ3v) is 5.21. The highest BCUT2D eigenvalue weighted by Crippen LogP contribution is 2.23. The van der Waals surface area contributed by atoms with Gasteiger partial charge in [0, 0.05) is 0 Å². The molecule has 2 aromatic rings. The molecule has 1 aromatic carbocycles. The molecule has 0 bridgehead atoms. The van der Waals surface area contributed by atoms with E-state index >= 15 is 0 Å². The van der Waals surface area contributed by atoms with Gasteiger partial charge in [0.05, 0.1) is 11.4 Å². The lowest BCUT2D eigenvalue weighted by Crippen LogP contribution is -2.47. The maximum absolute atomic E-state index is 12.3. The molecule has 6 nitrogen and oxygen atoms in total. The molecule has 1 N–H and O–H groups in total. The van der Waals surface area contributed by atoms with Crippen LogP contribution in [0.1, 0.15) is 37.8 Å². The van der Waals surface area contributed by atoms with Gasteiger partial charge in [0.15, 0.2) is 0 Å². The van der Waals surface area contributed by atoms with Crippen LogP contribution in [0.3, 0.4) is 0 Å². The van der Waals surface area contributed by atoms with Gasteiger partial charge in [0.2, 0.25) is 11.1 Å². The van der Waals surface area contributed by atoms with Crippen molar-refractivity contribution in [3.8, 4) is 18.0 Å². The number of terminal acetylenes is 1. The van der Waals surface area contributed by atoms with Crippen LogP contribution >= 0.6 is 11.8 Å². The van der Waals surface area contributed by atoms with Crippen LogP contribution in [0.2, 0.25) is 0 Å². The van der Waals surface area contributed by atoms with E-state index in [4.69, 9.17) is 6.42 Å². The average Bonchev–Trinajstić information content (AvgIpc) is 3.06. The first-order valence-electron chi connectivity index (χ1n) is 8.23. The SMILES string of the molecule is C#CC(CC)(CC)NC(=O)CSc1nnnn1-c1c(C)cccc1C. The number of amides is 1. The monoisotopic (exact) mass is 357 g/mol. The van der Waals surface area contributed by atoms with Crippen LogP contribution in [0.5, 0.6) is 0 Å². The molecule has 0 saturated carbocycles. The van der Waals surface area contributed by atoms with Gasteiger partial charge in [-0.25, -0.2) is 0 Å². The van der Waals surface area contributed by atoms with Gasteiger partial charge in [-0.2, -0.15) is 4.68 Å². The molecule has 2 rings (SSSR count). The number of tetrazole rings is 1. The standard InChI is InChI=1S/C18H23N5OS/c1-6-18(7-2,8-3)19-15(24)12-25-17-20-21-22-23(17)16-13(4)10-9-11-14(16)5/h1,9-11H,7-8,12H2,2-5H3,(H,19,24). The Morgan fingerprint density at radius 2 is 1.96 bits per heavy atom. The molecule has 0 saturated heterocycles. The Morgan fingerprint density at radius 1 is 1.32 bits per heavy atom. The van der Waals surface area contributed by atoms with E-state index in [1.807, 2.05) is 45.9 Å². The van der Waals surface area contributed by atoms with E-state index in [9.17, 15) is 4.79 Å². The highest BCUT2D eigenvalue weighted by atomic mass is 32.2. The summed E-state index contributed by atoms with van der Waals surface area (Å²) in [5.74, 6) is 2.79. The van der Waals surface area contributed by atoms with Gasteiger partial charge < -0.3 is 5.32 Å². The van der Waals surface area contributed by atoms with E-state index in [1.165, 1.54) is 11.8 Å². The van der Waals surface area contributed by atoms with Crippen LogP contribution < -0.4 is 5.32 Å². The van der Waals surface area contributed by atoms with E-state index < -0.39 is 5.54 Å². The normalized spacial score (nSPS) is 11.2. The summed E-state index contributed by atoms with van der Waals surface area (Å²) in [6.45, 7) is 7.96. The van der Waals surface area contributed by atoms with Crippen molar-refractivity contribution in [2.75, 3.05) is 5.75 Å². The summed E-state index contributed by atoms with van der Waals surface area (Å²) in [5.41, 5.74) is 2.50. The molecule has 0 aliphatic heterocycles. The van der Waals surface area contributed by atoms with Crippen LogP contribution in [0, 0.1) is 26.2 Å². The van der Waals surface area contributed by atoms with Crippen LogP contribution in [0.4, 0.5) is 0 Å².